The number of aromatic nitrogens is 1. The molecule has 3 aromatic rings. The molecular weight excluding hydrogens is 406 g/mol. The van der Waals surface area contributed by atoms with Crippen LogP contribution in [0.1, 0.15) is 49.5 Å². The van der Waals surface area contributed by atoms with E-state index in [4.69, 9.17) is 9.47 Å². The second-order valence-corrected chi connectivity index (χ2v) is 7.85. The fourth-order valence-electron chi connectivity index (χ4n) is 3.41. The van der Waals surface area contributed by atoms with Crippen LogP contribution in [0.3, 0.4) is 0 Å². The van der Waals surface area contributed by atoms with E-state index in [0.717, 1.165) is 24.2 Å². The topological polar surface area (TPSA) is 77.8 Å². The number of benzene rings is 2. The third-order valence-corrected chi connectivity index (χ3v) is 5.03. The molecular formula is C26H29NO5. The molecule has 0 spiro atoms. The minimum Gasteiger partial charge on any atom is -0.491 e. The molecule has 0 unspecified atom stereocenters. The summed E-state index contributed by atoms with van der Waals surface area (Å²) in [7, 11) is 0. The van der Waals surface area contributed by atoms with Crippen LogP contribution in [0.25, 0.3) is 11.1 Å². The van der Waals surface area contributed by atoms with Crippen molar-refractivity contribution in [2.24, 2.45) is 0 Å². The molecule has 0 saturated heterocycles. The number of nitrogens with zero attached hydrogens (tertiary/aromatic N) is 1. The Morgan fingerprint density at radius 3 is 2.44 bits per heavy atom. The average Bonchev–Trinajstić information content (AvgIpc) is 2.77. The van der Waals surface area contributed by atoms with Crippen LogP contribution >= 0.6 is 0 Å². The van der Waals surface area contributed by atoms with Crippen molar-refractivity contribution in [1.82, 2.24) is 4.57 Å². The van der Waals surface area contributed by atoms with Crippen LogP contribution < -0.4 is 15.0 Å². The predicted molar refractivity (Wildman–Crippen MR) is 125 cm³/mol. The third-order valence-electron chi connectivity index (χ3n) is 5.03. The van der Waals surface area contributed by atoms with Gasteiger partial charge in [0.1, 0.15) is 23.7 Å². The Hall–Kier alpha value is -3.54. The molecule has 168 valence electrons. The SMILES string of the molecule is CCCCn1ccc(-c2ccc(OCc3ccccc3OC(C)C)cc2)c(C(=O)O)c1=O. The summed E-state index contributed by atoms with van der Waals surface area (Å²) in [5, 5.41) is 9.66. The molecule has 3 rings (SSSR count). The quantitative estimate of drug-likeness (QED) is 0.463. The number of aromatic carboxylic acids is 1. The molecule has 0 aliphatic rings. The Morgan fingerprint density at radius 2 is 1.78 bits per heavy atom. The van der Waals surface area contributed by atoms with Gasteiger partial charge in [0, 0.05) is 23.9 Å². The summed E-state index contributed by atoms with van der Waals surface area (Å²) in [5.74, 6) is 0.202. The van der Waals surface area contributed by atoms with Crippen molar-refractivity contribution < 1.29 is 19.4 Å². The Labute approximate surface area is 188 Å². The van der Waals surface area contributed by atoms with Crippen LogP contribution in [0.4, 0.5) is 0 Å². The van der Waals surface area contributed by atoms with E-state index in [2.05, 4.69) is 0 Å². The number of hydrogen-bond acceptors (Lipinski definition) is 4. The molecule has 1 N–H and O–H groups in total. The highest BCUT2D eigenvalue weighted by molar-refractivity contribution is 5.95. The van der Waals surface area contributed by atoms with Crippen LogP contribution in [-0.2, 0) is 13.2 Å². The summed E-state index contributed by atoms with van der Waals surface area (Å²) in [6.45, 7) is 6.83. The zero-order chi connectivity index (χ0) is 23.1. The highest BCUT2D eigenvalue weighted by Crippen LogP contribution is 2.26. The number of carboxylic acid groups (broad SMARTS) is 1. The molecule has 0 atom stereocenters. The number of para-hydroxylation sites is 1. The van der Waals surface area contributed by atoms with Gasteiger partial charge in [-0.3, -0.25) is 4.79 Å². The maximum Gasteiger partial charge on any atom is 0.341 e. The summed E-state index contributed by atoms with van der Waals surface area (Å²) < 4.78 is 13.2. The number of carbonyl (C=O) groups is 1. The zero-order valence-corrected chi connectivity index (χ0v) is 18.7. The third kappa shape index (κ3) is 5.58. The van der Waals surface area contributed by atoms with Gasteiger partial charge in [-0.05, 0) is 50.1 Å². The number of hydrogen-bond donors (Lipinski definition) is 1. The number of rotatable bonds is 10. The number of unbranched alkanes of at least 4 members (excludes halogenated alkanes) is 1. The Bertz CT molecular complexity index is 1120. The van der Waals surface area contributed by atoms with Gasteiger partial charge in [-0.15, -0.1) is 0 Å². The lowest BCUT2D eigenvalue weighted by molar-refractivity contribution is 0.0695. The van der Waals surface area contributed by atoms with Gasteiger partial charge >= 0.3 is 5.97 Å². The van der Waals surface area contributed by atoms with Gasteiger partial charge in [0.25, 0.3) is 5.56 Å². The summed E-state index contributed by atoms with van der Waals surface area (Å²) in [4.78, 5) is 24.5. The van der Waals surface area contributed by atoms with Crippen LogP contribution in [0.15, 0.2) is 65.6 Å². The van der Waals surface area contributed by atoms with Crippen LogP contribution in [-0.4, -0.2) is 21.7 Å². The Morgan fingerprint density at radius 1 is 1.06 bits per heavy atom. The van der Waals surface area contributed by atoms with Gasteiger partial charge in [-0.1, -0.05) is 43.7 Å². The molecule has 6 nitrogen and oxygen atoms in total. The predicted octanol–water partition coefficient (Wildman–Crippen LogP) is 5.38. The van der Waals surface area contributed by atoms with Crippen molar-refractivity contribution in [3.63, 3.8) is 0 Å². The van der Waals surface area contributed by atoms with Crippen molar-refractivity contribution in [3.8, 4) is 22.6 Å². The number of aryl methyl sites for hydroxylation is 1. The lowest BCUT2D eigenvalue weighted by Gasteiger charge is -2.15. The zero-order valence-electron chi connectivity index (χ0n) is 18.7. The molecule has 0 bridgehead atoms. The first kappa shape index (κ1) is 23.1. The Kier molecular flexibility index (Phi) is 7.71. The molecule has 32 heavy (non-hydrogen) atoms. The molecule has 0 amide bonds. The van der Waals surface area contributed by atoms with Crippen molar-refractivity contribution in [3.05, 3.63) is 82.3 Å². The molecule has 0 aliphatic carbocycles. The van der Waals surface area contributed by atoms with Crippen LogP contribution in [0.2, 0.25) is 0 Å². The van der Waals surface area contributed by atoms with Gasteiger partial charge in [0.05, 0.1) is 6.10 Å². The highest BCUT2D eigenvalue weighted by Gasteiger charge is 2.18. The van der Waals surface area contributed by atoms with E-state index in [1.165, 1.54) is 4.57 Å². The molecule has 1 heterocycles. The standard InChI is InChI=1S/C26H29NO5/c1-4-5-15-27-16-14-22(24(25(27)28)26(29)30)19-10-12-21(13-11-19)31-17-20-8-6-7-9-23(20)32-18(2)3/h6-14,16,18H,4-5,15,17H2,1-3H3,(H,29,30). The minimum absolute atomic E-state index is 0.0660. The molecule has 1 aromatic heterocycles. The van der Waals surface area contributed by atoms with Crippen molar-refractivity contribution >= 4 is 5.97 Å². The fourth-order valence-corrected chi connectivity index (χ4v) is 3.41. The normalized spacial score (nSPS) is 10.9. The first-order chi connectivity index (χ1) is 15.4. The monoisotopic (exact) mass is 435 g/mol. The minimum atomic E-state index is -1.22. The largest absolute Gasteiger partial charge is 0.491 e. The molecule has 0 saturated carbocycles. The van der Waals surface area contributed by atoms with E-state index in [1.807, 2.05) is 45.0 Å². The van der Waals surface area contributed by atoms with Gasteiger partial charge in [-0.2, -0.15) is 0 Å². The summed E-state index contributed by atoms with van der Waals surface area (Å²) in [5.41, 5.74) is 1.30. The summed E-state index contributed by atoms with van der Waals surface area (Å²) in [6.07, 6.45) is 3.47. The van der Waals surface area contributed by atoms with E-state index in [-0.39, 0.29) is 11.7 Å². The maximum absolute atomic E-state index is 12.7. The van der Waals surface area contributed by atoms with Crippen molar-refractivity contribution in [2.75, 3.05) is 0 Å². The first-order valence-corrected chi connectivity index (χ1v) is 10.8. The smallest absolute Gasteiger partial charge is 0.341 e. The first-order valence-electron chi connectivity index (χ1n) is 10.8. The summed E-state index contributed by atoms with van der Waals surface area (Å²) in [6, 6.07) is 16.5. The highest BCUT2D eigenvalue weighted by atomic mass is 16.5. The molecule has 2 aromatic carbocycles. The second-order valence-electron chi connectivity index (χ2n) is 7.85. The lowest BCUT2D eigenvalue weighted by atomic mass is 10.0. The molecule has 0 aliphatic heterocycles. The number of carboxylic acids is 1. The molecule has 0 radical (unpaired) electrons. The van der Waals surface area contributed by atoms with Gasteiger partial charge in [0.2, 0.25) is 0 Å². The maximum atomic E-state index is 12.7. The Balaban J connectivity index is 1.80. The van der Waals surface area contributed by atoms with E-state index < -0.39 is 11.5 Å². The molecule has 0 fully saturated rings. The fraction of sp³-hybridized carbons (Fsp3) is 0.308. The van der Waals surface area contributed by atoms with Crippen molar-refractivity contribution in [2.45, 2.75) is 52.9 Å². The second kappa shape index (κ2) is 10.7. The van der Waals surface area contributed by atoms with E-state index in [9.17, 15) is 14.7 Å². The van der Waals surface area contributed by atoms with Gasteiger partial charge < -0.3 is 19.1 Å². The number of pyridine rings is 1. The number of ether oxygens (including phenoxy) is 2. The lowest BCUT2D eigenvalue weighted by Crippen LogP contribution is -2.27. The average molecular weight is 436 g/mol. The van der Waals surface area contributed by atoms with Crippen molar-refractivity contribution in [1.29, 1.82) is 0 Å². The van der Waals surface area contributed by atoms with Crippen LogP contribution in [0.5, 0.6) is 11.5 Å². The van der Waals surface area contributed by atoms with E-state index in [1.54, 1.807) is 36.5 Å². The van der Waals surface area contributed by atoms with Gasteiger partial charge in [-0.25, -0.2) is 4.79 Å². The van der Waals surface area contributed by atoms with Gasteiger partial charge in [0.15, 0.2) is 0 Å². The van der Waals surface area contributed by atoms with E-state index in [0.29, 0.717) is 30.0 Å². The molecule has 6 heteroatoms. The summed E-state index contributed by atoms with van der Waals surface area (Å²) >= 11 is 0. The van der Waals surface area contributed by atoms with Crippen LogP contribution in [0, 0.1) is 0 Å². The van der Waals surface area contributed by atoms with E-state index >= 15 is 0 Å².